The van der Waals surface area contributed by atoms with E-state index in [-0.39, 0.29) is 4.75 Å². The first-order valence-electron chi connectivity index (χ1n) is 5.97. The molecule has 0 saturated heterocycles. The molecular weight excluding hydrogens is 214 g/mol. The first-order valence-corrected chi connectivity index (χ1v) is 6.79. The monoisotopic (exact) mass is 237 g/mol. The molecule has 0 heterocycles. The van der Waals surface area contributed by atoms with Gasteiger partial charge in [0.05, 0.1) is 0 Å². The van der Waals surface area contributed by atoms with Crippen molar-refractivity contribution in [3.05, 3.63) is 29.8 Å². The van der Waals surface area contributed by atoms with Crippen molar-refractivity contribution >= 4 is 11.8 Å². The van der Waals surface area contributed by atoms with Gasteiger partial charge in [0.2, 0.25) is 0 Å². The van der Waals surface area contributed by atoms with Crippen LogP contribution in [-0.2, 0) is 0 Å². The molecule has 0 amide bonds. The lowest BCUT2D eigenvalue weighted by atomic mass is 9.99. The second kappa shape index (κ2) is 5.74. The normalized spacial score (nSPS) is 13.8. The topological polar surface area (TPSA) is 26.0 Å². The summed E-state index contributed by atoms with van der Waals surface area (Å²) in [7, 11) is 0. The fourth-order valence-corrected chi connectivity index (χ4v) is 2.45. The Labute approximate surface area is 104 Å². The largest absolute Gasteiger partial charge is 0.329 e. The molecule has 16 heavy (non-hydrogen) atoms. The van der Waals surface area contributed by atoms with Gasteiger partial charge in [-0.05, 0) is 43.9 Å². The number of benzene rings is 1. The highest BCUT2D eigenvalue weighted by Gasteiger charge is 2.16. The van der Waals surface area contributed by atoms with Crippen molar-refractivity contribution in [2.24, 2.45) is 5.73 Å². The van der Waals surface area contributed by atoms with E-state index in [1.54, 1.807) is 0 Å². The molecule has 0 spiro atoms. The molecule has 0 aliphatic heterocycles. The summed E-state index contributed by atoms with van der Waals surface area (Å²) in [5, 5.41) is 0. The molecule has 1 atom stereocenters. The van der Waals surface area contributed by atoms with Gasteiger partial charge in [-0.15, -0.1) is 11.8 Å². The fraction of sp³-hybridized carbons (Fsp3) is 0.571. The molecule has 0 radical (unpaired) electrons. The van der Waals surface area contributed by atoms with Crippen molar-refractivity contribution in [2.45, 2.75) is 49.7 Å². The van der Waals surface area contributed by atoms with Crippen molar-refractivity contribution in [2.75, 3.05) is 6.54 Å². The van der Waals surface area contributed by atoms with E-state index < -0.39 is 0 Å². The SMILES string of the molecule is CCC(C)c1ccc(SC(C)(C)CN)cc1. The van der Waals surface area contributed by atoms with Gasteiger partial charge in [-0.1, -0.05) is 26.0 Å². The van der Waals surface area contributed by atoms with E-state index in [1.807, 2.05) is 11.8 Å². The third-order valence-corrected chi connectivity index (χ3v) is 4.17. The lowest BCUT2D eigenvalue weighted by molar-refractivity contribution is 0.722. The zero-order valence-corrected chi connectivity index (χ0v) is 11.6. The van der Waals surface area contributed by atoms with Gasteiger partial charge >= 0.3 is 0 Å². The van der Waals surface area contributed by atoms with Crippen LogP contribution in [0.2, 0.25) is 0 Å². The number of hydrogen-bond donors (Lipinski definition) is 1. The van der Waals surface area contributed by atoms with Crippen LogP contribution in [0.15, 0.2) is 29.2 Å². The van der Waals surface area contributed by atoms with Crippen LogP contribution in [0.3, 0.4) is 0 Å². The second-order valence-corrected chi connectivity index (χ2v) is 6.72. The first kappa shape index (κ1) is 13.6. The van der Waals surface area contributed by atoms with Gasteiger partial charge in [0.25, 0.3) is 0 Å². The van der Waals surface area contributed by atoms with E-state index in [0.717, 1.165) is 0 Å². The summed E-state index contributed by atoms with van der Waals surface area (Å²) >= 11 is 1.85. The predicted octanol–water partition coefficient (Wildman–Crippen LogP) is 4.03. The quantitative estimate of drug-likeness (QED) is 0.782. The standard InChI is InChI=1S/C14H23NS/c1-5-11(2)12-6-8-13(9-7-12)16-14(3,4)10-15/h6-9,11H,5,10,15H2,1-4H3. The third-order valence-electron chi connectivity index (χ3n) is 2.95. The summed E-state index contributed by atoms with van der Waals surface area (Å²) in [6.07, 6.45) is 1.20. The summed E-state index contributed by atoms with van der Waals surface area (Å²) in [6, 6.07) is 8.90. The summed E-state index contributed by atoms with van der Waals surface area (Å²) in [5.41, 5.74) is 7.16. The van der Waals surface area contributed by atoms with Gasteiger partial charge in [-0.25, -0.2) is 0 Å². The first-order chi connectivity index (χ1) is 7.48. The molecule has 0 aromatic heterocycles. The number of thioether (sulfide) groups is 1. The Morgan fingerprint density at radius 2 is 1.81 bits per heavy atom. The van der Waals surface area contributed by atoms with Crippen LogP contribution >= 0.6 is 11.8 Å². The van der Waals surface area contributed by atoms with E-state index in [0.29, 0.717) is 12.5 Å². The average Bonchev–Trinajstić information content (AvgIpc) is 2.28. The average molecular weight is 237 g/mol. The number of hydrogen-bond acceptors (Lipinski definition) is 2. The van der Waals surface area contributed by atoms with E-state index in [2.05, 4.69) is 52.0 Å². The molecule has 1 aromatic carbocycles. The second-order valence-electron chi connectivity index (χ2n) is 4.94. The van der Waals surface area contributed by atoms with Crippen LogP contribution in [0, 0.1) is 0 Å². The molecule has 2 heteroatoms. The minimum atomic E-state index is 0.123. The molecule has 0 saturated carbocycles. The Kier molecular flexibility index (Phi) is 4.88. The van der Waals surface area contributed by atoms with E-state index in [9.17, 15) is 0 Å². The van der Waals surface area contributed by atoms with Crippen molar-refractivity contribution < 1.29 is 0 Å². The lowest BCUT2D eigenvalue weighted by Gasteiger charge is -2.21. The maximum Gasteiger partial charge on any atom is 0.0273 e. The van der Waals surface area contributed by atoms with Crippen molar-refractivity contribution in [3.8, 4) is 0 Å². The van der Waals surface area contributed by atoms with E-state index in [1.165, 1.54) is 16.9 Å². The summed E-state index contributed by atoms with van der Waals surface area (Å²) in [4.78, 5) is 1.31. The fourth-order valence-electron chi connectivity index (χ4n) is 1.46. The predicted molar refractivity (Wildman–Crippen MR) is 74.1 cm³/mol. The van der Waals surface area contributed by atoms with Crippen LogP contribution in [0.25, 0.3) is 0 Å². The van der Waals surface area contributed by atoms with Gasteiger partial charge in [0.1, 0.15) is 0 Å². The molecule has 0 aliphatic carbocycles. The minimum Gasteiger partial charge on any atom is -0.329 e. The Bertz CT molecular complexity index is 316. The molecule has 1 unspecified atom stereocenters. The molecule has 90 valence electrons. The van der Waals surface area contributed by atoms with Crippen LogP contribution in [-0.4, -0.2) is 11.3 Å². The van der Waals surface area contributed by atoms with E-state index >= 15 is 0 Å². The van der Waals surface area contributed by atoms with Crippen molar-refractivity contribution in [1.82, 2.24) is 0 Å². The molecule has 0 aliphatic rings. The summed E-state index contributed by atoms with van der Waals surface area (Å²) < 4.78 is 0.123. The van der Waals surface area contributed by atoms with Crippen LogP contribution in [0.5, 0.6) is 0 Å². The van der Waals surface area contributed by atoms with Crippen molar-refractivity contribution in [1.29, 1.82) is 0 Å². The molecule has 1 nitrogen and oxygen atoms in total. The molecule has 0 bridgehead atoms. The van der Waals surface area contributed by atoms with Crippen LogP contribution in [0.1, 0.15) is 45.6 Å². The molecule has 0 fully saturated rings. The Morgan fingerprint density at radius 1 is 1.25 bits per heavy atom. The lowest BCUT2D eigenvalue weighted by Crippen LogP contribution is -2.26. The summed E-state index contributed by atoms with van der Waals surface area (Å²) in [6.45, 7) is 9.56. The molecule has 1 rings (SSSR count). The maximum absolute atomic E-state index is 5.73. The molecule has 1 aromatic rings. The van der Waals surface area contributed by atoms with E-state index in [4.69, 9.17) is 5.73 Å². The minimum absolute atomic E-state index is 0.123. The highest BCUT2D eigenvalue weighted by molar-refractivity contribution is 8.00. The van der Waals surface area contributed by atoms with Crippen LogP contribution in [0.4, 0.5) is 0 Å². The Balaban J connectivity index is 2.72. The Hall–Kier alpha value is -0.470. The molecular formula is C14H23NS. The number of rotatable bonds is 5. The smallest absolute Gasteiger partial charge is 0.0273 e. The molecule has 2 N–H and O–H groups in total. The van der Waals surface area contributed by atoms with Crippen molar-refractivity contribution in [3.63, 3.8) is 0 Å². The van der Waals surface area contributed by atoms with Gasteiger partial charge in [0.15, 0.2) is 0 Å². The Morgan fingerprint density at radius 3 is 2.25 bits per heavy atom. The zero-order valence-electron chi connectivity index (χ0n) is 10.8. The van der Waals surface area contributed by atoms with Gasteiger partial charge < -0.3 is 5.73 Å². The number of nitrogens with two attached hydrogens (primary N) is 1. The zero-order chi connectivity index (χ0) is 12.2. The maximum atomic E-state index is 5.73. The summed E-state index contributed by atoms with van der Waals surface area (Å²) in [5.74, 6) is 0.654. The highest BCUT2D eigenvalue weighted by atomic mass is 32.2. The van der Waals surface area contributed by atoms with Crippen LogP contribution < -0.4 is 5.73 Å². The third kappa shape index (κ3) is 3.84. The van der Waals surface area contributed by atoms with Gasteiger partial charge in [-0.3, -0.25) is 0 Å². The van der Waals surface area contributed by atoms with Gasteiger partial charge in [0, 0.05) is 16.2 Å². The highest BCUT2D eigenvalue weighted by Crippen LogP contribution is 2.32. The van der Waals surface area contributed by atoms with Gasteiger partial charge in [-0.2, -0.15) is 0 Å².